The van der Waals surface area contributed by atoms with Gasteiger partial charge in [-0.1, -0.05) is 109 Å². The first kappa shape index (κ1) is 43.1. The van der Waals surface area contributed by atoms with Crippen molar-refractivity contribution >= 4 is 75.0 Å². The molecule has 4 aliphatic heterocycles. The maximum atomic E-state index is 7.62. The van der Waals surface area contributed by atoms with E-state index in [9.17, 15) is 0 Å². The van der Waals surface area contributed by atoms with Gasteiger partial charge in [-0.2, -0.15) is 0 Å². The lowest BCUT2D eigenvalue weighted by Crippen LogP contribution is -2.25. The second-order valence-electron chi connectivity index (χ2n) is 17.0. The second kappa shape index (κ2) is 18.2. The van der Waals surface area contributed by atoms with Crippen LogP contribution in [0.1, 0.15) is 0 Å². The van der Waals surface area contributed by atoms with Gasteiger partial charge in [0.15, 0.2) is 32.6 Å². The van der Waals surface area contributed by atoms with E-state index in [0.29, 0.717) is 34.1 Å². The first-order valence-corrected chi connectivity index (χ1v) is 28.4. The zero-order chi connectivity index (χ0) is 47.5. The van der Waals surface area contributed by atoms with Crippen molar-refractivity contribution in [3.05, 3.63) is 231 Å². The van der Waals surface area contributed by atoms with E-state index >= 15 is 0 Å². The Balaban J connectivity index is 1.02. The summed E-state index contributed by atoms with van der Waals surface area (Å²) in [4.78, 5) is 0. The summed E-state index contributed by atoms with van der Waals surface area (Å²) in [6.07, 6.45) is 0. The minimum absolute atomic E-state index is 0.581. The van der Waals surface area contributed by atoms with E-state index in [1.165, 1.54) is 0 Å². The van der Waals surface area contributed by atoms with Crippen molar-refractivity contribution in [3.8, 4) is 80.1 Å². The summed E-state index contributed by atoms with van der Waals surface area (Å²) in [5.74, 6) is 8.34. The summed E-state index contributed by atoms with van der Waals surface area (Å²) in [6.45, 7) is 0. The van der Waals surface area contributed by atoms with Crippen LogP contribution in [0.2, 0.25) is 0 Å². The first-order valence-electron chi connectivity index (χ1n) is 23.3. The molecule has 0 aliphatic carbocycles. The highest BCUT2D eigenvalue weighted by Gasteiger charge is 2.38. The number of ether oxygens (including phenoxy) is 4. The number of benzene rings is 10. The highest BCUT2D eigenvalue weighted by Crippen LogP contribution is 2.60. The van der Waals surface area contributed by atoms with Crippen LogP contribution in [0.4, 0.5) is 0 Å². The van der Waals surface area contributed by atoms with E-state index in [4.69, 9.17) is 37.0 Å². The third-order valence-corrected chi connectivity index (χ3v) is 20.5. The molecule has 0 N–H and O–H groups in total. The van der Waals surface area contributed by atoms with E-state index in [2.05, 4.69) is 48.5 Å². The normalized spacial score (nSPS) is 14.1. The summed E-state index contributed by atoms with van der Waals surface area (Å²) < 4.78 is 56.6. The largest absolute Gasteiger partial charge is 0.463 e. The number of hydrogen-bond acceptors (Lipinski definition) is 8. The molecule has 0 saturated carbocycles. The molecule has 4 aliphatic rings. The zero-order valence-electron chi connectivity index (χ0n) is 38.0. The summed E-state index contributed by atoms with van der Waals surface area (Å²) in [5, 5.41) is 7.66. The van der Waals surface area contributed by atoms with E-state index in [1.54, 1.807) is 0 Å². The highest BCUT2D eigenvalue weighted by atomic mass is 31.1. The molecule has 0 fully saturated rings. The van der Waals surface area contributed by atoms with Crippen LogP contribution in [0.25, 0.3) is 11.1 Å². The Hall–Kier alpha value is -7.68. The van der Waals surface area contributed by atoms with Crippen LogP contribution < -0.4 is 79.5 Å². The van der Waals surface area contributed by atoms with Gasteiger partial charge in [0.05, 0.1) is 53.6 Å². The Morgan fingerprint density at radius 1 is 0.194 bits per heavy atom. The van der Waals surface area contributed by atoms with Crippen molar-refractivity contribution < 1.29 is 37.0 Å². The van der Waals surface area contributed by atoms with Crippen LogP contribution in [-0.2, 0) is 0 Å². The minimum atomic E-state index is -1.50. The molecule has 0 amide bonds. The molecule has 0 bridgehead atoms. The van der Waals surface area contributed by atoms with E-state index in [0.717, 1.165) is 88.4 Å². The molecule has 346 valence electrons. The SMILES string of the molecule is c1ccc2c(c1)Oc1ccccc1P2Oc1cccc(OP2c3ccccc3Oc3ccccc32)c1-c1c(OP2c3ccccc3Oc3ccccc32)cccc1OP1c2ccccc2Oc2ccccc21. The third kappa shape index (κ3) is 7.54. The molecular weight excluding hydrogens is 973 g/mol. The lowest BCUT2D eigenvalue weighted by Gasteiger charge is -2.32. The van der Waals surface area contributed by atoms with Crippen molar-refractivity contribution in [2.75, 3.05) is 0 Å². The van der Waals surface area contributed by atoms with Crippen molar-refractivity contribution in [1.29, 1.82) is 0 Å². The van der Waals surface area contributed by atoms with Crippen LogP contribution in [0, 0.1) is 0 Å². The molecule has 10 aromatic carbocycles. The van der Waals surface area contributed by atoms with Gasteiger partial charge in [0.1, 0.15) is 69.0 Å². The monoisotopic (exact) mass is 1010 g/mol. The van der Waals surface area contributed by atoms with E-state index < -0.39 is 32.6 Å². The van der Waals surface area contributed by atoms with Crippen LogP contribution in [-0.4, -0.2) is 0 Å². The summed E-state index contributed by atoms with van der Waals surface area (Å²) >= 11 is 0. The smallest absolute Gasteiger partial charge is 0.158 e. The first-order chi connectivity index (χ1) is 35.7. The van der Waals surface area contributed by atoms with E-state index in [1.807, 2.05) is 182 Å². The number of para-hydroxylation sites is 8. The van der Waals surface area contributed by atoms with Gasteiger partial charge in [0.2, 0.25) is 0 Å². The predicted octanol–water partition coefficient (Wildman–Crippen LogP) is 13.5. The van der Waals surface area contributed by atoms with Gasteiger partial charge in [0.25, 0.3) is 0 Å². The molecule has 0 aromatic heterocycles. The fourth-order valence-corrected chi connectivity index (χ4v) is 16.8. The molecule has 14 rings (SSSR count). The van der Waals surface area contributed by atoms with Gasteiger partial charge >= 0.3 is 0 Å². The Kier molecular flexibility index (Phi) is 10.9. The average Bonchev–Trinajstić information content (AvgIpc) is 3.43. The molecule has 0 radical (unpaired) electrons. The average molecular weight is 1010 g/mol. The molecular formula is C60H38O8P4. The molecule has 0 unspecified atom stereocenters. The van der Waals surface area contributed by atoms with Gasteiger partial charge in [-0.3, -0.25) is 0 Å². The molecule has 10 aromatic rings. The van der Waals surface area contributed by atoms with E-state index in [-0.39, 0.29) is 0 Å². The van der Waals surface area contributed by atoms with Crippen LogP contribution in [0.5, 0.6) is 69.0 Å². The van der Waals surface area contributed by atoms with Gasteiger partial charge in [-0.15, -0.1) is 0 Å². The maximum Gasteiger partial charge on any atom is 0.158 e. The topological polar surface area (TPSA) is 73.8 Å². The summed E-state index contributed by atoms with van der Waals surface area (Å²) in [6, 6.07) is 77.0. The number of rotatable bonds is 9. The van der Waals surface area contributed by atoms with Gasteiger partial charge in [0, 0.05) is 0 Å². The fourth-order valence-electron chi connectivity index (χ4n) is 9.29. The van der Waals surface area contributed by atoms with Gasteiger partial charge in [-0.25, -0.2) is 0 Å². The molecule has 72 heavy (non-hydrogen) atoms. The summed E-state index contributed by atoms with van der Waals surface area (Å²) in [7, 11) is -5.98. The predicted molar refractivity (Wildman–Crippen MR) is 291 cm³/mol. The van der Waals surface area contributed by atoms with Gasteiger partial charge < -0.3 is 37.0 Å². The van der Waals surface area contributed by atoms with Crippen LogP contribution >= 0.6 is 32.6 Å². The number of fused-ring (bicyclic) bond motifs is 8. The van der Waals surface area contributed by atoms with Crippen molar-refractivity contribution in [3.63, 3.8) is 0 Å². The third-order valence-electron chi connectivity index (χ3n) is 12.5. The van der Waals surface area contributed by atoms with Crippen LogP contribution in [0.15, 0.2) is 231 Å². The Morgan fingerprint density at radius 3 is 0.542 bits per heavy atom. The lowest BCUT2D eigenvalue weighted by atomic mass is 10.0. The minimum Gasteiger partial charge on any atom is -0.463 e. The lowest BCUT2D eigenvalue weighted by molar-refractivity contribution is 0.483. The van der Waals surface area contributed by atoms with Gasteiger partial charge in [-0.05, 0) is 121 Å². The fraction of sp³-hybridized carbons (Fsp3) is 0. The summed E-state index contributed by atoms with van der Waals surface area (Å²) in [5.41, 5.74) is 1.34. The van der Waals surface area contributed by atoms with Crippen molar-refractivity contribution in [2.24, 2.45) is 0 Å². The zero-order valence-corrected chi connectivity index (χ0v) is 41.6. The van der Waals surface area contributed by atoms with Crippen molar-refractivity contribution in [1.82, 2.24) is 0 Å². The Morgan fingerprint density at radius 2 is 0.361 bits per heavy atom. The molecule has 4 heterocycles. The molecule has 0 atom stereocenters. The number of hydrogen-bond donors (Lipinski definition) is 0. The second-order valence-corrected chi connectivity index (χ2v) is 23.9. The molecule has 0 saturated heterocycles. The Labute approximate surface area is 420 Å². The maximum absolute atomic E-state index is 7.62. The van der Waals surface area contributed by atoms with Crippen LogP contribution in [0.3, 0.4) is 0 Å². The highest BCUT2D eigenvalue weighted by molar-refractivity contribution is 7.70. The Bertz CT molecular complexity index is 3090. The molecule has 8 nitrogen and oxygen atoms in total. The van der Waals surface area contributed by atoms with Crippen molar-refractivity contribution in [2.45, 2.75) is 0 Å². The standard InChI is InChI=1S/C60H38O8P4/c1-9-31-51-39(19-1)61-40-20-2-10-32-52(40)69(51)65-47-27-17-28-48(66-70-53-33-11-3-21-41(53)62-42-22-4-12-34-54(42)70)59(47)60-49(67-71-55-35-13-5-23-43(55)63-44-24-6-14-36-56(44)71)29-18-30-50(60)68-72-57-37-15-7-25-45(57)64-46-26-8-16-38-58(46)72/h1-38H. The molecule has 12 heteroatoms. The quantitative estimate of drug-likeness (QED) is 0.132. The molecule has 0 spiro atoms.